The summed E-state index contributed by atoms with van der Waals surface area (Å²) in [5, 5.41) is 3.22. The van der Waals surface area contributed by atoms with Crippen LogP contribution in [0.25, 0.3) is 0 Å². The topological polar surface area (TPSA) is 41.6 Å². The molecule has 20 heavy (non-hydrogen) atoms. The zero-order chi connectivity index (χ0) is 14.5. The van der Waals surface area contributed by atoms with Crippen molar-refractivity contribution in [2.45, 2.75) is 32.7 Å². The summed E-state index contributed by atoms with van der Waals surface area (Å²) in [6.45, 7) is 6.02. The Morgan fingerprint density at radius 3 is 2.75 bits per heavy atom. The highest BCUT2D eigenvalue weighted by molar-refractivity contribution is 5.78. The minimum absolute atomic E-state index is 0.0890. The quantitative estimate of drug-likeness (QED) is 0.897. The molecule has 0 bridgehead atoms. The van der Waals surface area contributed by atoms with Crippen LogP contribution in [-0.2, 0) is 4.79 Å². The van der Waals surface area contributed by atoms with Gasteiger partial charge in [-0.2, -0.15) is 0 Å². The minimum Gasteiger partial charge on any atom is -0.483 e. The molecule has 1 amide bonds. The number of hydrogen-bond acceptors (Lipinski definition) is 3. The number of rotatable bonds is 5. The fraction of sp³-hybridized carbons (Fsp3) is 0.562. The Kier molecular flexibility index (Phi) is 5.01. The molecular weight excluding hydrogens is 252 g/mol. The smallest absolute Gasteiger partial charge is 0.260 e. The average Bonchev–Trinajstić information content (AvgIpc) is 2.99. The van der Waals surface area contributed by atoms with Crippen LogP contribution >= 0.6 is 0 Å². The Hall–Kier alpha value is -1.55. The van der Waals surface area contributed by atoms with Crippen molar-refractivity contribution in [1.82, 2.24) is 10.2 Å². The summed E-state index contributed by atoms with van der Waals surface area (Å²) in [5.41, 5.74) is 2.29. The SMILES string of the molecule is CNC(C)c1cc(C)ccc1OCC(=O)N1CCCC1. The van der Waals surface area contributed by atoms with E-state index < -0.39 is 0 Å². The summed E-state index contributed by atoms with van der Waals surface area (Å²) in [5.74, 6) is 0.885. The number of likely N-dealkylation sites (tertiary alicyclic amines) is 1. The van der Waals surface area contributed by atoms with Crippen molar-refractivity contribution in [2.24, 2.45) is 0 Å². The van der Waals surface area contributed by atoms with Crippen molar-refractivity contribution in [2.75, 3.05) is 26.7 Å². The third-order valence-electron chi connectivity index (χ3n) is 3.87. The maximum atomic E-state index is 12.0. The predicted octanol–water partition coefficient (Wildman–Crippen LogP) is 2.28. The van der Waals surface area contributed by atoms with Crippen LogP contribution in [0.5, 0.6) is 5.75 Å². The van der Waals surface area contributed by atoms with Crippen LogP contribution in [0.4, 0.5) is 0 Å². The van der Waals surface area contributed by atoms with Gasteiger partial charge in [0.15, 0.2) is 6.61 Å². The first kappa shape index (κ1) is 14.9. The van der Waals surface area contributed by atoms with Gasteiger partial charge in [-0.05, 0) is 39.8 Å². The number of ether oxygens (including phenoxy) is 1. The maximum absolute atomic E-state index is 12.0. The van der Waals surface area contributed by atoms with Crippen molar-refractivity contribution >= 4 is 5.91 Å². The van der Waals surface area contributed by atoms with Gasteiger partial charge in [-0.15, -0.1) is 0 Å². The zero-order valence-electron chi connectivity index (χ0n) is 12.6. The lowest BCUT2D eigenvalue weighted by molar-refractivity contribution is -0.132. The van der Waals surface area contributed by atoms with E-state index in [1.165, 1.54) is 5.56 Å². The van der Waals surface area contributed by atoms with Gasteiger partial charge in [0.25, 0.3) is 5.91 Å². The van der Waals surface area contributed by atoms with Gasteiger partial charge in [0.1, 0.15) is 5.75 Å². The Balaban J connectivity index is 2.03. The molecule has 1 aliphatic heterocycles. The van der Waals surface area contributed by atoms with Gasteiger partial charge in [0, 0.05) is 24.7 Å². The fourth-order valence-corrected chi connectivity index (χ4v) is 2.49. The molecule has 4 heteroatoms. The van der Waals surface area contributed by atoms with Crippen LogP contribution in [0, 0.1) is 6.92 Å². The van der Waals surface area contributed by atoms with Crippen LogP contribution in [0.3, 0.4) is 0 Å². The number of aryl methyl sites for hydroxylation is 1. The first-order chi connectivity index (χ1) is 9.61. The molecule has 1 saturated heterocycles. The molecule has 0 aliphatic carbocycles. The van der Waals surface area contributed by atoms with Crippen molar-refractivity contribution in [3.05, 3.63) is 29.3 Å². The number of nitrogens with one attached hydrogen (secondary N) is 1. The van der Waals surface area contributed by atoms with E-state index in [0.717, 1.165) is 37.2 Å². The van der Waals surface area contributed by atoms with Gasteiger partial charge in [-0.3, -0.25) is 4.79 Å². The molecule has 1 aliphatic rings. The number of benzene rings is 1. The fourth-order valence-electron chi connectivity index (χ4n) is 2.49. The molecule has 0 aromatic heterocycles. The van der Waals surface area contributed by atoms with Crippen LogP contribution in [0.2, 0.25) is 0 Å². The molecule has 0 saturated carbocycles. The van der Waals surface area contributed by atoms with Crippen LogP contribution in [-0.4, -0.2) is 37.6 Å². The summed E-state index contributed by atoms with van der Waals surface area (Å²) in [4.78, 5) is 13.9. The molecule has 1 heterocycles. The standard InChI is InChI=1S/C16H24N2O2/c1-12-6-7-15(14(10-12)13(2)17-3)20-11-16(19)18-8-4-5-9-18/h6-7,10,13,17H,4-5,8-9,11H2,1-3H3. The monoisotopic (exact) mass is 276 g/mol. The zero-order valence-corrected chi connectivity index (χ0v) is 12.6. The average molecular weight is 276 g/mol. The molecule has 1 atom stereocenters. The van der Waals surface area contributed by atoms with Gasteiger partial charge < -0.3 is 15.0 Å². The summed E-state index contributed by atoms with van der Waals surface area (Å²) < 4.78 is 5.76. The maximum Gasteiger partial charge on any atom is 0.260 e. The highest BCUT2D eigenvalue weighted by Gasteiger charge is 2.19. The molecule has 110 valence electrons. The van der Waals surface area contributed by atoms with Crippen molar-refractivity contribution < 1.29 is 9.53 Å². The molecule has 1 aromatic rings. The Morgan fingerprint density at radius 2 is 2.10 bits per heavy atom. The third kappa shape index (κ3) is 3.51. The molecule has 1 aromatic carbocycles. The molecule has 2 rings (SSSR count). The molecular formula is C16H24N2O2. The summed E-state index contributed by atoms with van der Waals surface area (Å²) in [7, 11) is 1.92. The second kappa shape index (κ2) is 6.75. The van der Waals surface area contributed by atoms with E-state index in [-0.39, 0.29) is 18.6 Å². The van der Waals surface area contributed by atoms with E-state index >= 15 is 0 Å². The second-order valence-electron chi connectivity index (χ2n) is 5.43. The number of carbonyl (C=O) groups is 1. The molecule has 0 spiro atoms. The molecule has 1 unspecified atom stereocenters. The Morgan fingerprint density at radius 1 is 1.40 bits per heavy atom. The summed E-state index contributed by atoms with van der Waals surface area (Å²) >= 11 is 0. The van der Waals surface area contributed by atoms with Gasteiger partial charge in [0.05, 0.1) is 0 Å². The van der Waals surface area contributed by atoms with Crippen LogP contribution in [0.15, 0.2) is 18.2 Å². The predicted molar refractivity (Wildman–Crippen MR) is 80.0 cm³/mol. The highest BCUT2D eigenvalue weighted by atomic mass is 16.5. The number of hydrogen-bond donors (Lipinski definition) is 1. The molecule has 0 radical (unpaired) electrons. The van der Waals surface area contributed by atoms with Crippen molar-refractivity contribution in [3.63, 3.8) is 0 Å². The minimum atomic E-state index is 0.0890. The van der Waals surface area contributed by atoms with Gasteiger partial charge in [-0.1, -0.05) is 17.7 Å². The van der Waals surface area contributed by atoms with Gasteiger partial charge >= 0.3 is 0 Å². The van der Waals surface area contributed by atoms with E-state index in [1.807, 2.05) is 24.1 Å². The van der Waals surface area contributed by atoms with Crippen molar-refractivity contribution in [1.29, 1.82) is 0 Å². The van der Waals surface area contributed by atoms with Gasteiger partial charge in [0.2, 0.25) is 0 Å². The molecule has 1 fully saturated rings. The van der Waals surface area contributed by atoms with Crippen LogP contribution < -0.4 is 10.1 Å². The van der Waals surface area contributed by atoms with Gasteiger partial charge in [-0.25, -0.2) is 0 Å². The van der Waals surface area contributed by atoms with Crippen molar-refractivity contribution in [3.8, 4) is 5.75 Å². The Labute approximate surface area is 121 Å². The highest BCUT2D eigenvalue weighted by Crippen LogP contribution is 2.26. The van der Waals surface area contributed by atoms with E-state index in [4.69, 9.17) is 4.74 Å². The van der Waals surface area contributed by atoms with E-state index in [2.05, 4.69) is 25.2 Å². The summed E-state index contributed by atoms with van der Waals surface area (Å²) in [6, 6.07) is 6.28. The van der Waals surface area contributed by atoms with E-state index in [0.29, 0.717) is 0 Å². The molecule has 1 N–H and O–H groups in total. The first-order valence-corrected chi connectivity index (χ1v) is 7.30. The lowest BCUT2D eigenvalue weighted by Crippen LogP contribution is -2.32. The van der Waals surface area contributed by atoms with Crippen LogP contribution in [0.1, 0.15) is 36.9 Å². The normalized spacial score (nSPS) is 16.2. The first-order valence-electron chi connectivity index (χ1n) is 7.30. The van der Waals surface area contributed by atoms with E-state index in [1.54, 1.807) is 0 Å². The molecule has 4 nitrogen and oxygen atoms in total. The Bertz CT molecular complexity index is 468. The van der Waals surface area contributed by atoms with E-state index in [9.17, 15) is 4.79 Å². The number of carbonyl (C=O) groups excluding carboxylic acids is 1. The largest absolute Gasteiger partial charge is 0.483 e. The summed E-state index contributed by atoms with van der Waals surface area (Å²) in [6.07, 6.45) is 2.22. The third-order valence-corrected chi connectivity index (χ3v) is 3.87. The lowest BCUT2D eigenvalue weighted by Gasteiger charge is -2.19. The number of amides is 1. The lowest BCUT2D eigenvalue weighted by atomic mass is 10.0. The number of nitrogens with zero attached hydrogens (tertiary/aromatic N) is 1. The second-order valence-corrected chi connectivity index (χ2v) is 5.43.